The molecule has 0 saturated carbocycles. The molecule has 154 valence electrons. The molecule has 3 aromatic rings. The maximum absolute atomic E-state index is 12.8. The van der Waals surface area contributed by atoms with Crippen molar-refractivity contribution < 1.29 is 4.79 Å². The molecule has 8 nitrogen and oxygen atoms in total. The van der Waals surface area contributed by atoms with Crippen molar-refractivity contribution in [3.63, 3.8) is 0 Å². The first kappa shape index (κ1) is 20.9. The van der Waals surface area contributed by atoms with E-state index >= 15 is 0 Å². The lowest BCUT2D eigenvalue weighted by Gasteiger charge is -2.16. The van der Waals surface area contributed by atoms with Gasteiger partial charge in [0.2, 0.25) is 5.91 Å². The summed E-state index contributed by atoms with van der Waals surface area (Å²) in [4.78, 5) is 41.9. The van der Waals surface area contributed by atoms with Crippen LogP contribution in [0, 0.1) is 20.8 Å². The Balaban J connectivity index is 1.91. The van der Waals surface area contributed by atoms with Crippen LogP contribution in [0.5, 0.6) is 0 Å². The zero-order chi connectivity index (χ0) is 21.6. The Morgan fingerprint density at radius 3 is 2.21 bits per heavy atom. The Morgan fingerprint density at radius 1 is 1.03 bits per heavy atom. The minimum atomic E-state index is -0.452. The van der Waals surface area contributed by atoms with Crippen molar-refractivity contribution in [3.05, 3.63) is 49.7 Å². The molecular formula is C20H25N5O3S. The van der Waals surface area contributed by atoms with Crippen LogP contribution >= 0.6 is 11.8 Å². The fourth-order valence-electron chi connectivity index (χ4n) is 3.42. The number of rotatable bonds is 4. The second-order valence-corrected chi connectivity index (χ2v) is 8.66. The molecule has 9 heteroatoms. The highest BCUT2D eigenvalue weighted by atomic mass is 32.2. The highest BCUT2D eigenvalue weighted by Gasteiger charge is 2.22. The van der Waals surface area contributed by atoms with E-state index in [1.165, 1.54) is 23.4 Å². The van der Waals surface area contributed by atoms with Crippen molar-refractivity contribution in [1.82, 2.24) is 18.7 Å². The molecule has 2 aromatic heterocycles. The number of thioether (sulfide) groups is 1. The number of benzene rings is 1. The van der Waals surface area contributed by atoms with Gasteiger partial charge < -0.3 is 9.88 Å². The first-order valence-electron chi connectivity index (χ1n) is 9.20. The molecule has 1 aromatic carbocycles. The summed E-state index contributed by atoms with van der Waals surface area (Å²) in [5, 5.41) is 3.05. The standard InChI is InChI=1S/C20H25N5O3S/c1-10-8-11(2)14(12(3)9-10)21-17(26)13(4)29-19-22-16-15(23(19)5)18(27)25(7)20(28)24(16)6/h8-9,13H,1-7H3,(H,21,26). The topological polar surface area (TPSA) is 90.9 Å². The van der Waals surface area contributed by atoms with E-state index in [2.05, 4.69) is 10.3 Å². The Morgan fingerprint density at radius 2 is 1.62 bits per heavy atom. The summed E-state index contributed by atoms with van der Waals surface area (Å²) >= 11 is 1.24. The largest absolute Gasteiger partial charge is 0.332 e. The third-order valence-corrected chi connectivity index (χ3v) is 6.15. The van der Waals surface area contributed by atoms with Crippen molar-refractivity contribution in [3.8, 4) is 0 Å². The van der Waals surface area contributed by atoms with E-state index in [4.69, 9.17) is 0 Å². The molecule has 0 aliphatic heterocycles. The van der Waals surface area contributed by atoms with E-state index < -0.39 is 16.5 Å². The normalized spacial score (nSPS) is 12.4. The minimum absolute atomic E-state index is 0.154. The van der Waals surface area contributed by atoms with Gasteiger partial charge in [-0.15, -0.1) is 0 Å². The monoisotopic (exact) mass is 415 g/mol. The van der Waals surface area contributed by atoms with Crippen LogP contribution in [0.1, 0.15) is 23.6 Å². The third kappa shape index (κ3) is 3.62. The Hall–Kier alpha value is -2.81. The van der Waals surface area contributed by atoms with Crippen LogP contribution in [0.2, 0.25) is 0 Å². The van der Waals surface area contributed by atoms with Crippen molar-refractivity contribution >= 4 is 34.5 Å². The quantitative estimate of drug-likeness (QED) is 0.659. The number of imidazole rings is 1. The third-order valence-electron chi connectivity index (χ3n) is 5.01. The maximum atomic E-state index is 12.8. The van der Waals surface area contributed by atoms with Gasteiger partial charge in [-0.2, -0.15) is 0 Å². The first-order chi connectivity index (χ1) is 13.5. The second-order valence-electron chi connectivity index (χ2n) is 7.35. The van der Waals surface area contributed by atoms with Crippen LogP contribution in [0.4, 0.5) is 5.69 Å². The van der Waals surface area contributed by atoms with Gasteiger partial charge in [0.15, 0.2) is 16.3 Å². The first-order valence-corrected chi connectivity index (χ1v) is 10.1. The number of nitrogens with zero attached hydrogens (tertiary/aromatic N) is 4. The Bertz CT molecular complexity index is 1230. The van der Waals surface area contributed by atoms with Crippen molar-refractivity contribution in [2.75, 3.05) is 5.32 Å². The maximum Gasteiger partial charge on any atom is 0.332 e. The van der Waals surface area contributed by atoms with Crippen LogP contribution in [0.25, 0.3) is 11.2 Å². The van der Waals surface area contributed by atoms with Gasteiger partial charge in [-0.1, -0.05) is 29.5 Å². The van der Waals surface area contributed by atoms with Crippen LogP contribution in [0.15, 0.2) is 26.9 Å². The number of carbonyl (C=O) groups is 1. The molecule has 0 saturated heterocycles. The number of aromatic nitrogens is 4. The SMILES string of the molecule is Cc1cc(C)c(NC(=O)C(C)Sc2nc3c(c(=O)n(C)c(=O)n3C)n2C)c(C)c1. The number of hydrogen-bond acceptors (Lipinski definition) is 5. The zero-order valence-corrected chi connectivity index (χ0v) is 18.5. The molecule has 1 N–H and O–H groups in total. The average molecular weight is 416 g/mol. The molecule has 29 heavy (non-hydrogen) atoms. The summed E-state index contributed by atoms with van der Waals surface area (Å²) < 4.78 is 4.02. The fraction of sp³-hybridized carbons (Fsp3) is 0.400. The predicted molar refractivity (Wildman–Crippen MR) is 116 cm³/mol. The van der Waals surface area contributed by atoms with E-state index in [1.54, 1.807) is 25.6 Å². The smallest absolute Gasteiger partial charge is 0.325 e. The lowest BCUT2D eigenvalue weighted by atomic mass is 10.1. The number of nitrogens with one attached hydrogen (secondary N) is 1. The number of fused-ring (bicyclic) bond motifs is 1. The molecule has 0 spiro atoms. The molecule has 1 unspecified atom stereocenters. The van der Waals surface area contributed by atoms with E-state index in [0.717, 1.165) is 26.9 Å². The van der Waals surface area contributed by atoms with Crippen molar-refractivity contribution in [1.29, 1.82) is 0 Å². The van der Waals surface area contributed by atoms with Gasteiger partial charge in [-0.25, -0.2) is 9.78 Å². The van der Waals surface area contributed by atoms with Gasteiger partial charge in [0.05, 0.1) is 5.25 Å². The fourth-order valence-corrected chi connectivity index (χ4v) is 4.29. The number of aryl methyl sites for hydroxylation is 5. The molecule has 0 aliphatic rings. The van der Waals surface area contributed by atoms with Crippen LogP contribution < -0.4 is 16.6 Å². The molecule has 0 aliphatic carbocycles. The molecule has 0 radical (unpaired) electrons. The minimum Gasteiger partial charge on any atom is -0.325 e. The second kappa shape index (κ2) is 7.55. The lowest BCUT2D eigenvalue weighted by Crippen LogP contribution is -2.37. The molecule has 1 atom stereocenters. The molecular weight excluding hydrogens is 390 g/mol. The molecule has 3 rings (SSSR count). The highest BCUT2D eigenvalue weighted by Crippen LogP contribution is 2.27. The number of carbonyl (C=O) groups excluding carboxylic acids is 1. The van der Waals surface area contributed by atoms with Gasteiger partial charge in [0, 0.05) is 26.8 Å². The molecule has 0 fully saturated rings. The number of anilines is 1. The van der Waals surface area contributed by atoms with Crippen molar-refractivity contribution in [2.24, 2.45) is 21.1 Å². The zero-order valence-electron chi connectivity index (χ0n) is 17.7. The van der Waals surface area contributed by atoms with E-state index in [0.29, 0.717) is 16.3 Å². The summed E-state index contributed by atoms with van der Waals surface area (Å²) in [6.07, 6.45) is 0. The van der Waals surface area contributed by atoms with Gasteiger partial charge >= 0.3 is 5.69 Å². The summed E-state index contributed by atoms with van der Waals surface area (Å²) in [5.74, 6) is -0.154. The molecule has 1 amide bonds. The summed E-state index contributed by atoms with van der Waals surface area (Å²) in [6.45, 7) is 7.74. The van der Waals surface area contributed by atoms with E-state index in [1.807, 2.05) is 32.9 Å². The van der Waals surface area contributed by atoms with E-state index in [9.17, 15) is 14.4 Å². The number of hydrogen-bond donors (Lipinski definition) is 1. The van der Waals surface area contributed by atoms with Crippen molar-refractivity contribution in [2.45, 2.75) is 38.1 Å². The lowest BCUT2D eigenvalue weighted by molar-refractivity contribution is -0.115. The van der Waals surface area contributed by atoms with Crippen LogP contribution in [-0.2, 0) is 25.9 Å². The summed E-state index contributed by atoms with van der Waals surface area (Å²) in [7, 11) is 4.72. The van der Waals surface area contributed by atoms with Gasteiger partial charge in [0.25, 0.3) is 5.56 Å². The predicted octanol–water partition coefficient (Wildman–Crippen LogP) is 2.02. The molecule has 0 bridgehead atoms. The van der Waals surface area contributed by atoms with E-state index in [-0.39, 0.29) is 5.91 Å². The Kier molecular flexibility index (Phi) is 5.44. The average Bonchev–Trinajstić information content (AvgIpc) is 2.97. The number of amides is 1. The van der Waals surface area contributed by atoms with Gasteiger partial charge in [-0.3, -0.25) is 18.7 Å². The highest BCUT2D eigenvalue weighted by molar-refractivity contribution is 8.00. The van der Waals surface area contributed by atoms with Crippen LogP contribution in [-0.4, -0.2) is 29.8 Å². The van der Waals surface area contributed by atoms with Gasteiger partial charge in [-0.05, 0) is 38.8 Å². The summed E-state index contributed by atoms with van der Waals surface area (Å²) in [6, 6.07) is 4.06. The Labute approximate surface area is 172 Å². The van der Waals surface area contributed by atoms with Crippen LogP contribution in [0.3, 0.4) is 0 Å². The van der Waals surface area contributed by atoms with Gasteiger partial charge in [0.1, 0.15) is 0 Å². The summed E-state index contributed by atoms with van der Waals surface area (Å²) in [5.41, 5.74) is 3.77. The molecule has 2 heterocycles.